The van der Waals surface area contributed by atoms with Crippen LogP contribution in [0.1, 0.15) is 12.0 Å². The standard InChI is InChI=1S/C15H12BrF3O2S/c16-11-3-1-10(2-4-11)9-22(20,21)8-7-12-13(17)5-6-14(18)15(12)19/h1-5,7-8,14H,6,9H2/b8-7+. The summed E-state index contributed by atoms with van der Waals surface area (Å²) in [5.74, 6) is -2.55. The second-order valence-electron chi connectivity index (χ2n) is 4.75. The van der Waals surface area contributed by atoms with E-state index in [9.17, 15) is 21.6 Å². The lowest BCUT2D eigenvalue weighted by Crippen LogP contribution is -2.08. The van der Waals surface area contributed by atoms with E-state index in [0.717, 1.165) is 16.6 Å². The van der Waals surface area contributed by atoms with E-state index < -0.39 is 33.2 Å². The van der Waals surface area contributed by atoms with E-state index in [-0.39, 0.29) is 12.2 Å². The summed E-state index contributed by atoms with van der Waals surface area (Å²) in [7, 11) is -3.72. The summed E-state index contributed by atoms with van der Waals surface area (Å²) in [4.78, 5) is 0. The van der Waals surface area contributed by atoms with Crippen LogP contribution in [-0.4, -0.2) is 14.6 Å². The number of sulfone groups is 1. The van der Waals surface area contributed by atoms with Gasteiger partial charge in [0, 0.05) is 21.9 Å². The van der Waals surface area contributed by atoms with E-state index in [1.54, 1.807) is 24.3 Å². The van der Waals surface area contributed by atoms with Crippen molar-refractivity contribution in [2.75, 3.05) is 0 Å². The lowest BCUT2D eigenvalue weighted by molar-refractivity contribution is 0.317. The van der Waals surface area contributed by atoms with Crippen LogP contribution in [0.25, 0.3) is 0 Å². The maximum atomic E-state index is 13.5. The molecule has 0 aromatic heterocycles. The monoisotopic (exact) mass is 392 g/mol. The Morgan fingerprint density at radius 2 is 1.86 bits per heavy atom. The molecule has 1 unspecified atom stereocenters. The number of allylic oxidation sites excluding steroid dienone is 5. The normalized spacial score (nSPS) is 19.6. The highest BCUT2D eigenvalue weighted by atomic mass is 79.9. The first kappa shape index (κ1) is 17.0. The quantitative estimate of drug-likeness (QED) is 0.744. The molecule has 1 aromatic rings. The molecule has 0 radical (unpaired) electrons. The molecule has 22 heavy (non-hydrogen) atoms. The molecule has 1 aliphatic carbocycles. The van der Waals surface area contributed by atoms with Crippen molar-refractivity contribution in [3.05, 3.63) is 69.1 Å². The van der Waals surface area contributed by atoms with E-state index in [1.807, 2.05) is 0 Å². The van der Waals surface area contributed by atoms with Gasteiger partial charge in [-0.1, -0.05) is 28.1 Å². The Labute approximate surface area is 135 Å². The van der Waals surface area contributed by atoms with E-state index in [1.165, 1.54) is 0 Å². The van der Waals surface area contributed by atoms with Gasteiger partial charge in [0.15, 0.2) is 16.0 Å². The molecular weight excluding hydrogens is 381 g/mol. The average molecular weight is 393 g/mol. The summed E-state index contributed by atoms with van der Waals surface area (Å²) in [5, 5.41) is 0.704. The van der Waals surface area contributed by atoms with Crippen LogP contribution in [0.5, 0.6) is 0 Å². The number of rotatable bonds is 4. The minimum absolute atomic E-state index is 0.309. The fourth-order valence-corrected chi connectivity index (χ4v) is 3.26. The van der Waals surface area contributed by atoms with Gasteiger partial charge in [0.1, 0.15) is 11.7 Å². The summed E-state index contributed by atoms with van der Waals surface area (Å²) in [6.45, 7) is 0. The first-order valence-corrected chi connectivity index (χ1v) is 8.84. The van der Waals surface area contributed by atoms with Gasteiger partial charge < -0.3 is 0 Å². The Balaban J connectivity index is 2.19. The molecule has 0 bridgehead atoms. The van der Waals surface area contributed by atoms with Gasteiger partial charge in [-0.3, -0.25) is 0 Å². The maximum Gasteiger partial charge on any atom is 0.175 e. The molecule has 1 aromatic carbocycles. The molecule has 0 aliphatic heterocycles. The molecule has 0 fully saturated rings. The molecule has 0 N–H and O–H groups in total. The van der Waals surface area contributed by atoms with Gasteiger partial charge in [-0.05, 0) is 29.8 Å². The third kappa shape index (κ3) is 4.33. The molecular formula is C15H12BrF3O2S. The highest BCUT2D eigenvalue weighted by Gasteiger charge is 2.23. The highest BCUT2D eigenvalue weighted by molar-refractivity contribution is 9.10. The van der Waals surface area contributed by atoms with Gasteiger partial charge in [-0.25, -0.2) is 21.6 Å². The minimum atomic E-state index is -3.72. The number of halogens is 4. The van der Waals surface area contributed by atoms with E-state index >= 15 is 0 Å². The molecule has 7 heteroatoms. The van der Waals surface area contributed by atoms with Crippen LogP contribution in [0.3, 0.4) is 0 Å². The summed E-state index contributed by atoms with van der Waals surface area (Å²) >= 11 is 3.23. The lowest BCUT2D eigenvalue weighted by atomic mass is 10.0. The highest BCUT2D eigenvalue weighted by Crippen LogP contribution is 2.30. The van der Waals surface area contributed by atoms with Crippen LogP contribution in [-0.2, 0) is 15.6 Å². The van der Waals surface area contributed by atoms with Gasteiger partial charge in [0.25, 0.3) is 0 Å². The van der Waals surface area contributed by atoms with Crippen LogP contribution < -0.4 is 0 Å². The summed E-state index contributed by atoms with van der Waals surface area (Å²) in [5.41, 5.74) is -0.122. The summed E-state index contributed by atoms with van der Waals surface area (Å²) < 4.78 is 64.8. The summed E-state index contributed by atoms with van der Waals surface area (Å²) in [6.07, 6.45) is -0.662. The SMILES string of the molecule is O=S(=O)(/C=C/C1=C(F)C(F)CC=C1F)Cc1ccc(Br)cc1. The first-order chi connectivity index (χ1) is 10.3. The third-order valence-corrected chi connectivity index (χ3v) is 4.83. The largest absolute Gasteiger partial charge is 0.239 e. The Kier molecular flexibility index (Phi) is 5.28. The van der Waals surface area contributed by atoms with Crippen molar-refractivity contribution in [1.82, 2.24) is 0 Å². The topological polar surface area (TPSA) is 34.1 Å². The first-order valence-electron chi connectivity index (χ1n) is 6.33. The molecule has 0 saturated carbocycles. The fourth-order valence-electron chi connectivity index (χ4n) is 1.90. The number of benzene rings is 1. The zero-order valence-corrected chi connectivity index (χ0v) is 13.7. The molecule has 1 aliphatic rings. The van der Waals surface area contributed by atoms with Crippen molar-refractivity contribution >= 4 is 25.8 Å². The second kappa shape index (κ2) is 6.83. The smallest absolute Gasteiger partial charge is 0.175 e. The predicted octanol–water partition coefficient (Wildman–Crippen LogP) is 4.70. The minimum Gasteiger partial charge on any atom is -0.239 e. The molecule has 1 atom stereocenters. The molecule has 118 valence electrons. The van der Waals surface area contributed by atoms with E-state index in [4.69, 9.17) is 0 Å². The summed E-state index contributed by atoms with van der Waals surface area (Å²) in [6, 6.07) is 6.62. The van der Waals surface area contributed by atoms with E-state index in [2.05, 4.69) is 15.9 Å². The Morgan fingerprint density at radius 1 is 1.23 bits per heavy atom. The van der Waals surface area contributed by atoms with Gasteiger partial charge in [0.05, 0.1) is 5.75 Å². The second-order valence-corrected chi connectivity index (χ2v) is 7.56. The predicted molar refractivity (Wildman–Crippen MR) is 82.7 cm³/mol. The Bertz CT molecular complexity index is 749. The van der Waals surface area contributed by atoms with Crippen LogP contribution in [0.2, 0.25) is 0 Å². The molecule has 0 spiro atoms. The van der Waals surface area contributed by atoms with Crippen molar-refractivity contribution in [1.29, 1.82) is 0 Å². The average Bonchev–Trinajstić information content (AvgIpc) is 2.45. The molecule has 0 amide bonds. The number of alkyl halides is 1. The number of hydrogen-bond acceptors (Lipinski definition) is 2. The third-order valence-electron chi connectivity index (χ3n) is 3.02. The van der Waals surface area contributed by atoms with Crippen molar-refractivity contribution in [2.24, 2.45) is 0 Å². The van der Waals surface area contributed by atoms with Crippen LogP contribution in [0.15, 0.2) is 63.5 Å². The van der Waals surface area contributed by atoms with Crippen LogP contribution >= 0.6 is 15.9 Å². The molecule has 2 nitrogen and oxygen atoms in total. The lowest BCUT2D eigenvalue weighted by Gasteiger charge is -2.12. The van der Waals surface area contributed by atoms with E-state index in [0.29, 0.717) is 11.0 Å². The zero-order chi connectivity index (χ0) is 16.3. The number of hydrogen-bond donors (Lipinski definition) is 0. The molecule has 2 rings (SSSR count). The fraction of sp³-hybridized carbons (Fsp3) is 0.200. The molecule has 0 heterocycles. The Hall–Kier alpha value is -1.34. The van der Waals surface area contributed by atoms with Crippen LogP contribution in [0.4, 0.5) is 13.2 Å². The van der Waals surface area contributed by atoms with Crippen molar-refractivity contribution in [3.63, 3.8) is 0 Å². The van der Waals surface area contributed by atoms with Gasteiger partial charge in [-0.15, -0.1) is 0 Å². The van der Waals surface area contributed by atoms with Crippen LogP contribution in [0, 0.1) is 0 Å². The zero-order valence-electron chi connectivity index (χ0n) is 11.3. The van der Waals surface area contributed by atoms with Crippen molar-refractivity contribution in [2.45, 2.75) is 18.3 Å². The van der Waals surface area contributed by atoms with Gasteiger partial charge >= 0.3 is 0 Å². The Morgan fingerprint density at radius 3 is 2.50 bits per heavy atom. The maximum absolute atomic E-state index is 13.5. The molecule has 0 saturated heterocycles. The van der Waals surface area contributed by atoms with Crippen molar-refractivity contribution in [3.8, 4) is 0 Å². The van der Waals surface area contributed by atoms with Crippen molar-refractivity contribution < 1.29 is 21.6 Å². The van der Waals surface area contributed by atoms with Gasteiger partial charge in [-0.2, -0.15) is 0 Å². The van der Waals surface area contributed by atoms with Gasteiger partial charge in [0.2, 0.25) is 0 Å².